The Labute approximate surface area is 107 Å². The highest BCUT2D eigenvalue weighted by molar-refractivity contribution is 5.87. The van der Waals surface area contributed by atoms with Gasteiger partial charge < -0.3 is 16.4 Å². The number of anilines is 1. The van der Waals surface area contributed by atoms with E-state index in [9.17, 15) is 9.59 Å². The van der Waals surface area contributed by atoms with Crippen LogP contribution < -0.4 is 16.4 Å². The molecule has 0 saturated carbocycles. The summed E-state index contributed by atoms with van der Waals surface area (Å²) in [6.07, 6.45) is 0.529. The molecule has 98 valence electrons. The lowest BCUT2D eigenvalue weighted by Gasteiger charge is -2.08. The summed E-state index contributed by atoms with van der Waals surface area (Å²) in [5.41, 5.74) is 6.61. The van der Waals surface area contributed by atoms with Crippen LogP contribution in [0.5, 0.6) is 0 Å². The normalized spacial score (nSPS) is 10.2. The average molecular weight is 249 g/mol. The van der Waals surface area contributed by atoms with Crippen molar-refractivity contribution in [3.05, 3.63) is 29.8 Å². The minimum Gasteiger partial charge on any atom is -0.352 e. The molecule has 1 aromatic carbocycles. The number of amides is 3. The monoisotopic (exact) mass is 249 g/mol. The van der Waals surface area contributed by atoms with E-state index in [1.54, 1.807) is 12.1 Å². The third-order valence-corrected chi connectivity index (χ3v) is 2.30. The van der Waals surface area contributed by atoms with Gasteiger partial charge in [-0.2, -0.15) is 0 Å². The molecule has 0 heterocycles. The van der Waals surface area contributed by atoms with E-state index in [4.69, 9.17) is 5.73 Å². The number of hydrogen-bond donors (Lipinski definition) is 3. The molecule has 0 spiro atoms. The summed E-state index contributed by atoms with van der Waals surface area (Å²) in [5.74, 6) is 0.400. The molecule has 0 aliphatic carbocycles. The minimum absolute atomic E-state index is 0.0457. The van der Waals surface area contributed by atoms with Crippen molar-refractivity contribution in [1.82, 2.24) is 5.32 Å². The van der Waals surface area contributed by atoms with Crippen LogP contribution in [0.2, 0.25) is 0 Å². The van der Waals surface area contributed by atoms with Gasteiger partial charge in [0, 0.05) is 18.7 Å². The van der Waals surface area contributed by atoms with Crippen molar-refractivity contribution >= 4 is 17.6 Å². The maximum absolute atomic E-state index is 11.5. The number of nitrogens with two attached hydrogens (primary N) is 1. The van der Waals surface area contributed by atoms with Crippen molar-refractivity contribution < 1.29 is 9.59 Å². The Morgan fingerprint density at radius 2 is 1.83 bits per heavy atom. The molecule has 0 atom stereocenters. The van der Waals surface area contributed by atoms with Crippen LogP contribution in [-0.4, -0.2) is 11.9 Å². The Morgan fingerprint density at radius 1 is 1.22 bits per heavy atom. The van der Waals surface area contributed by atoms with Gasteiger partial charge in [-0.05, 0) is 23.6 Å². The van der Waals surface area contributed by atoms with E-state index >= 15 is 0 Å². The molecule has 0 radical (unpaired) electrons. The summed E-state index contributed by atoms with van der Waals surface area (Å²) in [6.45, 7) is 4.50. The topological polar surface area (TPSA) is 84.2 Å². The molecule has 5 nitrogen and oxygen atoms in total. The summed E-state index contributed by atoms with van der Waals surface area (Å²) < 4.78 is 0. The fourth-order valence-electron chi connectivity index (χ4n) is 1.49. The molecule has 5 heteroatoms. The molecule has 0 unspecified atom stereocenters. The number of primary amides is 1. The first-order valence-corrected chi connectivity index (χ1v) is 5.89. The lowest BCUT2D eigenvalue weighted by atomic mass is 10.1. The SMILES string of the molecule is CC(C)CC(=O)NCc1ccc(NC(N)=O)cc1. The van der Waals surface area contributed by atoms with Crippen LogP contribution in [0.3, 0.4) is 0 Å². The highest BCUT2D eigenvalue weighted by Gasteiger charge is 2.04. The molecule has 0 fully saturated rings. The second-order valence-electron chi connectivity index (χ2n) is 4.56. The largest absolute Gasteiger partial charge is 0.352 e. The third-order valence-electron chi connectivity index (χ3n) is 2.30. The predicted octanol–water partition coefficient (Wildman–Crippen LogP) is 1.84. The third kappa shape index (κ3) is 5.34. The van der Waals surface area contributed by atoms with Crippen molar-refractivity contribution in [3.63, 3.8) is 0 Å². The predicted molar refractivity (Wildman–Crippen MR) is 70.9 cm³/mol. The van der Waals surface area contributed by atoms with E-state index < -0.39 is 6.03 Å². The minimum atomic E-state index is -0.590. The summed E-state index contributed by atoms with van der Waals surface area (Å²) in [4.78, 5) is 22.1. The number of urea groups is 1. The van der Waals surface area contributed by atoms with Gasteiger partial charge in [-0.25, -0.2) is 4.79 Å². The van der Waals surface area contributed by atoms with E-state index in [1.807, 2.05) is 26.0 Å². The average Bonchev–Trinajstić information content (AvgIpc) is 2.26. The molecule has 18 heavy (non-hydrogen) atoms. The molecule has 1 rings (SSSR count). The van der Waals surface area contributed by atoms with Gasteiger partial charge in [0.05, 0.1) is 0 Å². The fraction of sp³-hybridized carbons (Fsp3) is 0.385. The zero-order valence-electron chi connectivity index (χ0n) is 10.7. The van der Waals surface area contributed by atoms with Crippen LogP contribution in [0.4, 0.5) is 10.5 Å². The Morgan fingerprint density at radius 3 is 2.33 bits per heavy atom. The molecule has 0 aliphatic heterocycles. The van der Waals surface area contributed by atoms with Gasteiger partial charge in [-0.15, -0.1) is 0 Å². The first-order valence-electron chi connectivity index (χ1n) is 5.89. The maximum atomic E-state index is 11.5. The van der Waals surface area contributed by atoms with E-state index in [2.05, 4.69) is 10.6 Å². The van der Waals surface area contributed by atoms with Crippen molar-refractivity contribution in [3.8, 4) is 0 Å². The highest BCUT2D eigenvalue weighted by atomic mass is 16.2. The number of benzene rings is 1. The smallest absolute Gasteiger partial charge is 0.316 e. The molecule has 0 aromatic heterocycles. The summed E-state index contributed by atoms with van der Waals surface area (Å²) in [5, 5.41) is 5.31. The summed E-state index contributed by atoms with van der Waals surface area (Å²) in [6, 6.07) is 6.57. The number of carbonyl (C=O) groups is 2. The van der Waals surface area contributed by atoms with Crippen LogP contribution in [0.15, 0.2) is 24.3 Å². The number of carbonyl (C=O) groups excluding carboxylic acids is 2. The van der Waals surface area contributed by atoms with Crippen molar-refractivity contribution in [2.75, 3.05) is 5.32 Å². The van der Waals surface area contributed by atoms with Crippen LogP contribution in [0, 0.1) is 5.92 Å². The van der Waals surface area contributed by atoms with Crippen LogP contribution >= 0.6 is 0 Å². The van der Waals surface area contributed by atoms with E-state index in [1.165, 1.54) is 0 Å². The molecule has 4 N–H and O–H groups in total. The van der Waals surface area contributed by atoms with Crippen LogP contribution in [0.1, 0.15) is 25.8 Å². The summed E-state index contributed by atoms with van der Waals surface area (Å²) >= 11 is 0. The van der Waals surface area contributed by atoms with Gasteiger partial charge >= 0.3 is 6.03 Å². The first-order chi connectivity index (χ1) is 8.47. The number of rotatable bonds is 5. The van der Waals surface area contributed by atoms with Crippen molar-refractivity contribution in [2.24, 2.45) is 11.7 Å². The second-order valence-corrected chi connectivity index (χ2v) is 4.56. The van der Waals surface area contributed by atoms with Crippen molar-refractivity contribution in [1.29, 1.82) is 0 Å². The molecular formula is C13H19N3O2. The molecule has 0 saturated heterocycles. The maximum Gasteiger partial charge on any atom is 0.316 e. The van der Waals surface area contributed by atoms with E-state index in [0.29, 0.717) is 24.6 Å². The van der Waals surface area contributed by atoms with Gasteiger partial charge in [0.2, 0.25) is 5.91 Å². The van der Waals surface area contributed by atoms with Crippen LogP contribution in [0.25, 0.3) is 0 Å². The van der Waals surface area contributed by atoms with Gasteiger partial charge in [-0.1, -0.05) is 26.0 Å². The quantitative estimate of drug-likeness (QED) is 0.744. The second kappa shape index (κ2) is 6.64. The molecule has 0 aliphatic rings. The molecular weight excluding hydrogens is 230 g/mol. The van der Waals surface area contributed by atoms with Crippen LogP contribution in [-0.2, 0) is 11.3 Å². The van der Waals surface area contributed by atoms with E-state index in [0.717, 1.165) is 5.56 Å². The Hall–Kier alpha value is -2.04. The van der Waals surface area contributed by atoms with E-state index in [-0.39, 0.29) is 5.91 Å². The van der Waals surface area contributed by atoms with Gasteiger partial charge in [0.1, 0.15) is 0 Å². The van der Waals surface area contributed by atoms with Gasteiger partial charge in [0.25, 0.3) is 0 Å². The highest BCUT2D eigenvalue weighted by Crippen LogP contribution is 2.09. The van der Waals surface area contributed by atoms with Gasteiger partial charge in [0.15, 0.2) is 0 Å². The zero-order chi connectivity index (χ0) is 13.5. The Bertz CT molecular complexity index is 413. The molecule has 1 aromatic rings. The Kier molecular flexibility index (Phi) is 5.17. The summed E-state index contributed by atoms with van der Waals surface area (Å²) in [7, 11) is 0. The van der Waals surface area contributed by atoms with Crippen molar-refractivity contribution in [2.45, 2.75) is 26.8 Å². The standard InChI is InChI=1S/C13H19N3O2/c1-9(2)7-12(17)15-8-10-3-5-11(6-4-10)16-13(14)18/h3-6,9H,7-8H2,1-2H3,(H,15,17)(H3,14,16,18). The zero-order valence-corrected chi connectivity index (χ0v) is 10.7. The first kappa shape index (κ1) is 14.0. The Balaban J connectivity index is 2.44. The fourth-order valence-corrected chi connectivity index (χ4v) is 1.49. The lowest BCUT2D eigenvalue weighted by molar-refractivity contribution is -0.121. The number of nitrogens with one attached hydrogen (secondary N) is 2. The molecule has 0 bridgehead atoms. The van der Waals surface area contributed by atoms with Gasteiger partial charge in [-0.3, -0.25) is 4.79 Å². The number of hydrogen-bond acceptors (Lipinski definition) is 2. The lowest BCUT2D eigenvalue weighted by Crippen LogP contribution is -2.24. The molecule has 3 amide bonds.